The smallest absolute Gasteiger partial charge is 0.240 e. The molecule has 0 amide bonds. The maximum Gasteiger partial charge on any atom is 0.240 e. The fourth-order valence-electron chi connectivity index (χ4n) is 1.56. The number of para-hydroxylation sites is 1. The SMILES string of the molecule is O=S(=O)(NCCOc1ccccc1)c1ccc(F)cc1. The second-order valence-electron chi connectivity index (χ2n) is 4.01. The lowest BCUT2D eigenvalue weighted by Crippen LogP contribution is -2.28. The van der Waals surface area contributed by atoms with Crippen molar-refractivity contribution in [2.75, 3.05) is 13.2 Å². The van der Waals surface area contributed by atoms with Gasteiger partial charge in [0.1, 0.15) is 18.2 Å². The molecule has 0 aliphatic carbocycles. The zero-order valence-corrected chi connectivity index (χ0v) is 11.4. The van der Waals surface area contributed by atoms with Crippen LogP contribution in [0.4, 0.5) is 4.39 Å². The van der Waals surface area contributed by atoms with E-state index in [1.165, 1.54) is 12.1 Å². The number of ether oxygens (including phenoxy) is 1. The Morgan fingerprint density at radius 3 is 2.30 bits per heavy atom. The maximum atomic E-state index is 12.7. The fraction of sp³-hybridized carbons (Fsp3) is 0.143. The molecule has 2 rings (SSSR count). The van der Waals surface area contributed by atoms with Crippen LogP contribution in [0.3, 0.4) is 0 Å². The fourth-order valence-corrected chi connectivity index (χ4v) is 2.57. The van der Waals surface area contributed by atoms with Crippen LogP contribution in [-0.4, -0.2) is 21.6 Å². The molecule has 20 heavy (non-hydrogen) atoms. The lowest BCUT2D eigenvalue weighted by molar-refractivity contribution is 0.323. The zero-order valence-electron chi connectivity index (χ0n) is 10.6. The van der Waals surface area contributed by atoms with E-state index in [1.54, 1.807) is 12.1 Å². The Morgan fingerprint density at radius 2 is 1.65 bits per heavy atom. The summed E-state index contributed by atoms with van der Waals surface area (Å²) in [5.74, 6) is 0.199. The molecule has 0 aliphatic heterocycles. The Hall–Kier alpha value is -1.92. The van der Waals surface area contributed by atoms with Gasteiger partial charge in [0.05, 0.1) is 4.90 Å². The molecule has 0 aliphatic rings. The summed E-state index contributed by atoms with van der Waals surface area (Å²) in [4.78, 5) is 0.0265. The first-order chi connectivity index (χ1) is 9.58. The highest BCUT2D eigenvalue weighted by molar-refractivity contribution is 7.89. The molecule has 0 saturated heterocycles. The molecule has 4 nitrogen and oxygen atoms in total. The Labute approximate surface area is 117 Å². The van der Waals surface area contributed by atoms with Crippen molar-refractivity contribution < 1.29 is 17.5 Å². The van der Waals surface area contributed by atoms with Gasteiger partial charge in [0.25, 0.3) is 0 Å². The molecule has 0 spiro atoms. The summed E-state index contributed by atoms with van der Waals surface area (Å²) in [7, 11) is -3.63. The molecule has 2 aromatic carbocycles. The molecule has 0 bridgehead atoms. The number of benzene rings is 2. The molecule has 1 N–H and O–H groups in total. The van der Waals surface area contributed by atoms with Crippen molar-refractivity contribution in [3.8, 4) is 5.75 Å². The van der Waals surface area contributed by atoms with Gasteiger partial charge in [-0.25, -0.2) is 17.5 Å². The van der Waals surface area contributed by atoms with E-state index in [1.807, 2.05) is 18.2 Å². The van der Waals surface area contributed by atoms with E-state index < -0.39 is 15.8 Å². The van der Waals surface area contributed by atoms with Crippen molar-refractivity contribution in [3.05, 3.63) is 60.4 Å². The van der Waals surface area contributed by atoms with E-state index in [9.17, 15) is 12.8 Å². The minimum Gasteiger partial charge on any atom is -0.492 e. The Bertz CT molecular complexity index is 642. The van der Waals surface area contributed by atoms with Gasteiger partial charge in [-0.3, -0.25) is 0 Å². The highest BCUT2D eigenvalue weighted by atomic mass is 32.2. The zero-order chi connectivity index (χ0) is 14.4. The summed E-state index contributed by atoms with van der Waals surface area (Å²) in [5, 5.41) is 0. The van der Waals surface area contributed by atoms with E-state index in [0.29, 0.717) is 5.75 Å². The third kappa shape index (κ3) is 4.04. The van der Waals surface area contributed by atoms with E-state index in [-0.39, 0.29) is 18.0 Å². The summed E-state index contributed by atoms with van der Waals surface area (Å²) in [6.45, 7) is 0.346. The molecule has 0 aromatic heterocycles. The second-order valence-corrected chi connectivity index (χ2v) is 5.78. The van der Waals surface area contributed by atoms with Crippen molar-refractivity contribution in [1.82, 2.24) is 4.72 Å². The third-order valence-corrected chi connectivity index (χ3v) is 4.01. The van der Waals surface area contributed by atoms with Crippen LogP contribution in [-0.2, 0) is 10.0 Å². The highest BCUT2D eigenvalue weighted by Gasteiger charge is 2.12. The molecule has 0 radical (unpaired) electrons. The van der Waals surface area contributed by atoms with Crippen LogP contribution in [0.1, 0.15) is 0 Å². The van der Waals surface area contributed by atoms with Gasteiger partial charge in [0.15, 0.2) is 0 Å². The van der Waals surface area contributed by atoms with Crippen LogP contribution in [0.5, 0.6) is 5.75 Å². The highest BCUT2D eigenvalue weighted by Crippen LogP contribution is 2.10. The quantitative estimate of drug-likeness (QED) is 0.831. The summed E-state index contributed by atoms with van der Waals surface area (Å²) in [6, 6.07) is 13.7. The largest absolute Gasteiger partial charge is 0.492 e. The first kappa shape index (κ1) is 14.5. The average Bonchev–Trinajstić information content (AvgIpc) is 2.45. The standard InChI is InChI=1S/C14H14FNO3S/c15-12-6-8-14(9-7-12)20(17,18)16-10-11-19-13-4-2-1-3-5-13/h1-9,16H,10-11H2. The van der Waals surface area contributed by atoms with Crippen molar-refractivity contribution in [1.29, 1.82) is 0 Å². The van der Waals surface area contributed by atoms with Crippen molar-refractivity contribution >= 4 is 10.0 Å². The summed E-state index contributed by atoms with van der Waals surface area (Å²) < 4.78 is 44.2. The van der Waals surface area contributed by atoms with E-state index in [4.69, 9.17) is 4.74 Å². The number of hydrogen-bond acceptors (Lipinski definition) is 3. The number of halogens is 1. The lowest BCUT2D eigenvalue weighted by Gasteiger charge is -2.08. The minimum atomic E-state index is -3.63. The Balaban J connectivity index is 1.85. The van der Waals surface area contributed by atoms with Gasteiger partial charge in [-0.05, 0) is 36.4 Å². The van der Waals surface area contributed by atoms with Crippen LogP contribution >= 0.6 is 0 Å². The van der Waals surface area contributed by atoms with E-state index >= 15 is 0 Å². The Morgan fingerprint density at radius 1 is 1.00 bits per heavy atom. The normalized spacial score (nSPS) is 11.2. The molecule has 2 aromatic rings. The van der Waals surface area contributed by atoms with E-state index in [2.05, 4.69) is 4.72 Å². The molecule has 6 heteroatoms. The molecule has 0 heterocycles. The van der Waals surface area contributed by atoms with Crippen molar-refractivity contribution in [2.24, 2.45) is 0 Å². The van der Waals surface area contributed by atoms with Crippen molar-refractivity contribution in [3.63, 3.8) is 0 Å². The van der Waals surface area contributed by atoms with Crippen LogP contribution < -0.4 is 9.46 Å². The second kappa shape index (κ2) is 6.49. The van der Waals surface area contributed by atoms with E-state index in [0.717, 1.165) is 12.1 Å². The van der Waals surface area contributed by atoms with Gasteiger partial charge in [-0.15, -0.1) is 0 Å². The first-order valence-electron chi connectivity index (χ1n) is 6.01. The first-order valence-corrected chi connectivity index (χ1v) is 7.49. The van der Waals surface area contributed by atoms with Gasteiger partial charge >= 0.3 is 0 Å². The van der Waals surface area contributed by atoms with Gasteiger partial charge in [0, 0.05) is 6.54 Å². The van der Waals surface area contributed by atoms with Crippen LogP contribution in [0, 0.1) is 5.82 Å². The van der Waals surface area contributed by atoms with Gasteiger partial charge in [-0.2, -0.15) is 0 Å². The molecule has 0 fully saturated rings. The predicted molar refractivity (Wildman–Crippen MR) is 73.5 cm³/mol. The summed E-state index contributed by atoms with van der Waals surface area (Å²) >= 11 is 0. The maximum absolute atomic E-state index is 12.7. The number of nitrogens with one attached hydrogen (secondary N) is 1. The Kier molecular flexibility index (Phi) is 4.70. The molecular formula is C14H14FNO3S. The van der Waals surface area contributed by atoms with Gasteiger partial charge < -0.3 is 4.74 Å². The molecule has 0 saturated carbocycles. The predicted octanol–water partition coefficient (Wildman–Crippen LogP) is 2.18. The molecule has 106 valence electrons. The minimum absolute atomic E-state index is 0.0265. The topological polar surface area (TPSA) is 55.4 Å². The molecular weight excluding hydrogens is 281 g/mol. The summed E-state index contributed by atoms with van der Waals surface area (Å²) in [6.07, 6.45) is 0. The van der Waals surface area contributed by atoms with Crippen LogP contribution in [0.2, 0.25) is 0 Å². The third-order valence-electron chi connectivity index (χ3n) is 2.53. The van der Waals surface area contributed by atoms with Crippen LogP contribution in [0.15, 0.2) is 59.5 Å². The monoisotopic (exact) mass is 295 g/mol. The number of rotatable bonds is 6. The summed E-state index contributed by atoms with van der Waals surface area (Å²) in [5.41, 5.74) is 0. The molecule has 0 atom stereocenters. The number of sulfonamides is 1. The van der Waals surface area contributed by atoms with Gasteiger partial charge in [-0.1, -0.05) is 18.2 Å². The van der Waals surface area contributed by atoms with Crippen LogP contribution in [0.25, 0.3) is 0 Å². The lowest BCUT2D eigenvalue weighted by atomic mass is 10.3. The number of hydrogen-bond donors (Lipinski definition) is 1. The van der Waals surface area contributed by atoms with Crippen molar-refractivity contribution in [2.45, 2.75) is 4.90 Å². The average molecular weight is 295 g/mol. The van der Waals surface area contributed by atoms with Gasteiger partial charge in [0.2, 0.25) is 10.0 Å². The molecule has 0 unspecified atom stereocenters.